The summed E-state index contributed by atoms with van der Waals surface area (Å²) in [5.74, 6) is 1.73. The SMILES string of the molecule is COc1cc(Nc2ccccc2N)cc(OC)c1OC. The van der Waals surface area contributed by atoms with Gasteiger partial charge in [-0.25, -0.2) is 0 Å². The van der Waals surface area contributed by atoms with Crippen molar-refractivity contribution >= 4 is 17.1 Å². The molecule has 5 heteroatoms. The fourth-order valence-corrected chi connectivity index (χ4v) is 1.92. The summed E-state index contributed by atoms with van der Waals surface area (Å²) in [7, 11) is 4.73. The molecule has 0 fully saturated rings. The lowest BCUT2D eigenvalue weighted by Crippen LogP contribution is -1.99. The summed E-state index contributed by atoms with van der Waals surface area (Å²) in [6, 6.07) is 11.2. The van der Waals surface area contributed by atoms with Gasteiger partial charge < -0.3 is 25.3 Å². The maximum Gasteiger partial charge on any atom is 0.203 e. The van der Waals surface area contributed by atoms with Crippen LogP contribution in [0, 0.1) is 0 Å². The monoisotopic (exact) mass is 274 g/mol. The third kappa shape index (κ3) is 2.71. The van der Waals surface area contributed by atoms with Crippen LogP contribution in [0.2, 0.25) is 0 Å². The van der Waals surface area contributed by atoms with Crippen molar-refractivity contribution in [2.45, 2.75) is 0 Å². The van der Waals surface area contributed by atoms with Crippen LogP contribution in [0.4, 0.5) is 17.1 Å². The zero-order valence-electron chi connectivity index (χ0n) is 11.8. The predicted molar refractivity (Wildman–Crippen MR) is 80.2 cm³/mol. The molecule has 0 saturated carbocycles. The lowest BCUT2D eigenvalue weighted by molar-refractivity contribution is 0.324. The molecule has 0 spiro atoms. The van der Waals surface area contributed by atoms with E-state index in [9.17, 15) is 0 Å². The number of benzene rings is 2. The molecule has 0 radical (unpaired) electrons. The molecule has 0 aliphatic rings. The van der Waals surface area contributed by atoms with Gasteiger partial charge in [-0.1, -0.05) is 12.1 Å². The average Bonchev–Trinajstić information content (AvgIpc) is 2.48. The molecule has 5 nitrogen and oxygen atoms in total. The Hall–Kier alpha value is -2.56. The van der Waals surface area contributed by atoms with Crippen LogP contribution in [-0.4, -0.2) is 21.3 Å². The number of hydrogen-bond donors (Lipinski definition) is 2. The van der Waals surface area contributed by atoms with Gasteiger partial charge in [-0.2, -0.15) is 0 Å². The Labute approximate surface area is 118 Å². The molecular weight excluding hydrogens is 256 g/mol. The van der Waals surface area contributed by atoms with Gasteiger partial charge in [0.2, 0.25) is 5.75 Å². The van der Waals surface area contributed by atoms with Gasteiger partial charge in [0.15, 0.2) is 11.5 Å². The van der Waals surface area contributed by atoms with Crippen LogP contribution in [-0.2, 0) is 0 Å². The maximum atomic E-state index is 5.92. The third-order valence-corrected chi connectivity index (χ3v) is 2.90. The summed E-state index contributed by atoms with van der Waals surface area (Å²) in [5, 5.41) is 3.23. The van der Waals surface area contributed by atoms with E-state index in [0.29, 0.717) is 22.9 Å². The highest BCUT2D eigenvalue weighted by atomic mass is 16.5. The van der Waals surface area contributed by atoms with E-state index in [1.165, 1.54) is 0 Å². The van der Waals surface area contributed by atoms with Crippen LogP contribution in [0.1, 0.15) is 0 Å². The Kier molecular flexibility index (Phi) is 4.20. The van der Waals surface area contributed by atoms with Gasteiger partial charge in [0, 0.05) is 17.8 Å². The molecule has 0 aliphatic carbocycles. The van der Waals surface area contributed by atoms with Gasteiger partial charge in [-0.15, -0.1) is 0 Å². The number of hydrogen-bond acceptors (Lipinski definition) is 5. The molecule has 0 atom stereocenters. The number of nitrogen functional groups attached to an aromatic ring is 1. The number of methoxy groups -OCH3 is 3. The number of rotatable bonds is 5. The number of anilines is 3. The van der Waals surface area contributed by atoms with E-state index in [1.807, 2.05) is 36.4 Å². The fraction of sp³-hybridized carbons (Fsp3) is 0.200. The Morgan fingerprint density at radius 1 is 0.900 bits per heavy atom. The standard InChI is InChI=1S/C15H18N2O3/c1-18-13-8-10(9-14(19-2)15(13)20-3)17-12-7-5-4-6-11(12)16/h4-9,17H,16H2,1-3H3. The molecule has 2 aromatic carbocycles. The first kappa shape index (κ1) is 13.9. The molecule has 0 unspecified atom stereocenters. The lowest BCUT2D eigenvalue weighted by atomic mass is 10.2. The summed E-state index contributed by atoms with van der Waals surface area (Å²) < 4.78 is 15.9. The van der Waals surface area contributed by atoms with Crippen LogP contribution >= 0.6 is 0 Å². The normalized spacial score (nSPS) is 9.95. The molecule has 0 aromatic heterocycles. The molecule has 0 heterocycles. The number of para-hydroxylation sites is 2. The van der Waals surface area contributed by atoms with Gasteiger partial charge in [-0.05, 0) is 12.1 Å². The Morgan fingerprint density at radius 2 is 1.50 bits per heavy atom. The van der Waals surface area contributed by atoms with Gasteiger partial charge in [-0.3, -0.25) is 0 Å². The van der Waals surface area contributed by atoms with Crippen LogP contribution in [0.25, 0.3) is 0 Å². The second kappa shape index (κ2) is 6.06. The van der Waals surface area contributed by atoms with Crippen molar-refractivity contribution in [3.63, 3.8) is 0 Å². The van der Waals surface area contributed by atoms with E-state index in [0.717, 1.165) is 11.4 Å². The summed E-state index contributed by atoms with van der Waals surface area (Å²) in [6.07, 6.45) is 0. The van der Waals surface area contributed by atoms with Crippen LogP contribution < -0.4 is 25.3 Å². The van der Waals surface area contributed by atoms with Crippen molar-refractivity contribution in [3.05, 3.63) is 36.4 Å². The smallest absolute Gasteiger partial charge is 0.203 e. The molecule has 0 saturated heterocycles. The Balaban J connectivity index is 2.40. The number of nitrogens with one attached hydrogen (secondary N) is 1. The molecule has 0 amide bonds. The fourth-order valence-electron chi connectivity index (χ4n) is 1.92. The predicted octanol–water partition coefficient (Wildman–Crippen LogP) is 3.04. The minimum absolute atomic E-state index is 0.557. The molecule has 0 bridgehead atoms. The van der Waals surface area contributed by atoms with Crippen LogP contribution in [0.5, 0.6) is 17.2 Å². The van der Waals surface area contributed by atoms with Gasteiger partial charge >= 0.3 is 0 Å². The molecular formula is C15H18N2O3. The highest BCUT2D eigenvalue weighted by Gasteiger charge is 2.13. The topological polar surface area (TPSA) is 65.7 Å². The van der Waals surface area contributed by atoms with Crippen molar-refractivity contribution in [1.29, 1.82) is 0 Å². The molecule has 20 heavy (non-hydrogen) atoms. The van der Waals surface area contributed by atoms with E-state index >= 15 is 0 Å². The first-order chi connectivity index (χ1) is 9.69. The zero-order valence-corrected chi connectivity index (χ0v) is 11.8. The van der Waals surface area contributed by atoms with E-state index in [1.54, 1.807) is 21.3 Å². The van der Waals surface area contributed by atoms with Gasteiger partial charge in [0.05, 0.1) is 32.7 Å². The van der Waals surface area contributed by atoms with Gasteiger partial charge in [0.25, 0.3) is 0 Å². The molecule has 2 aromatic rings. The largest absolute Gasteiger partial charge is 0.493 e. The van der Waals surface area contributed by atoms with Crippen molar-refractivity contribution in [2.75, 3.05) is 32.4 Å². The minimum Gasteiger partial charge on any atom is -0.493 e. The maximum absolute atomic E-state index is 5.92. The second-order valence-corrected chi connectivity index (χ2v) is 4.13. The zero-order chi connectivity index (χ0) is 14.5. The molecule has 106 valence electrons. The average molecular weight is 274 g/mol. The van der Waals surface area contributed by atoms with Gasteiger partial charge in [0.1, 0.15) is 0 Å². The first-order valence-corrected chi connectivity index (χ1v) is 6.11. The quantitative estimate of drug-likeness (QED) is 0.820. The van der Waals surface area contributed by atoms with Crippen molar-refractivity contribution in [2.24, 2.45) is 0 Å². The molecule has 3 N–H and O–H groups in total. The van der Waals surface area contributed by atoms with E-state index < -0.39 is 0 Å². The first-order valence-electron chi connectivity index (χ1n) is 6.11. The highest BCUT2D eigenvalue weighted by Crippen LogP contribution is 2.40. The van der Waals surface area contributed by atoms with Crippen molar-refractivity contribution in [1.82, 2.24) is 0 Å². The number of nitrogens with two attached hydrogens (primary N) is 1. The van der Waals surface area contributed by atoms with E-state index in [-0.39, 0.29) is 0 Å². The summed E-state index contributed by atoms with van der Waals surface area (Å²) in [4.78, 5) is 0. The third-order valence-electron chi connectivity index (χ3n) is 2.90. The molecule has 2 rings (SSSR count). The Bertz CT molecular complexity index is 574. The van der Waals surface area contributed by atoms with E-state index in [2.05, 4.69) is 5.32 Å². The highest BCUT2D eigenvalue weighted by molar-refractivity contribution is 5.75. The second-order valence-electron chi connectivity index (χ2n) is 4.13. The summed E-state index contributed by atoms with van der Waals surface area (Å²) in [6.45, 7) is 0. The van der Waals surface area contributed by atoms with Crippen molar-refractivity contribution < 1.29 is 14.2 Å². The molecule has 0 aliphatic heterocycles. The minimum atomic E-state index is 0.557. The van der Waals surface area contributed by atoms with Crippen LogP contribution in [0.3, 0.4) is 0 Å². The lowest BCUT2D eigenvalue weighted by Gasteiger charge is -2.15. The summed E-state index contributed by atoms with van der Waals surface area (Å²) >= 11 is 0. The van der Waals surface area contributed by atoms with Crippen LogP contribution in [0.15, 0.2) is 36.4 Å². The Morgan fingerprint density at radius 3 is 2.00 bits per heavy atom. The summed E-state index contributed by atoms with van der Waals surface area (Å²) in [5.41, 5.74) is 8.21. The number of ether oxygens (including phenoxy) is 3. The van der Waals surface area contributed by atoms with E-state index in [4.69, 9.17) is 19.9 Å². The van der Waals surface area contributed by atoms with Crippen molar-refractivity contribution in [3.8, 4) is 17.2 Å².